The first-order valence-electron chi connectivity index (χ1n) is 4.84. The Morgan fingerprint density at radius 1 is 1.07 bits per heavy atom. The van der Waals surface area contributed by atoms with E-state index < -0.39 is 0 Å². The predicted molar refractivity (Wildman–Crippen MR) is 68.0 cm³/mol. The van der Waals surface area contributed by atoms with E-state index in [-0.39, 0.29) is 0 Å². The first-order chi connectivity index (χ1) is 7.42. The molecule has 15 heavy (non-hydrogen) atoms. The molecule has 0 aliphatic carbocycles. The summed E-state index contributed by atoms with van der Waals surface area (Å²) >= 11 is 1.75. The summed E-state index contributed by atoms with van der Waals surface area (Å²) in [4.78, 5) is 1.28. The van der Waals surface area contributed by atoms with E-state index in [1.807, 2.05) is 12.1 Å². The van der Waals surface area contributed by atoms with Crippen LogP contribution in [0, 0.1) is 0 Å². The quantitative estimate of drug-likeness (QED) is 0.663. The Bertz CT molecular complexity index is 449. The van der Waals surface area contributed by atoms with Crippen LogP contribution in [0.5, 0.6) is 0 Å². The number of thiophene rings is 1. The van der Waals surface area contributed by atoms with E-state index in [1.54, 1.807) is 11.3 Å². The molecule has 0 bridgehead atoms. The highest BCUT2D eigenvalue weighted by Gasteiger charge is 2.03. The summed E-state index contributed by atoms with van der Waals surface area (Å²) in [6.07, 6.45) is 3.89. The van der Waals surface area contributed by atoms with Gasteiger partial charge in [-0.05, 0) is 22.6 Å². The Morgan fingerprint density at radius 3 is 2.47 bits per heavy atom. The summed E-state index contributed by atoms with van der Waals surface area (Å²) < 4.78 is 0. The Morgan fingerprint density at radius 2 is 1.87 bits per heavy atom. The first-order valence-corrected chi connectivity index (χ1v) is 5.72. The molecular formula is C14H12S. The van der Waals surface area contributed by atoms with E-state index in [1.165, 1.54) is 16.0 Å². The monoisotopic (exact) mass is 212 g/mol. The van der Waals surface area contributed by atoms with Crippen LogP contribution in [0.2, 0.25) is 0 Å². The number of rotatable bonds is 3. The third-order valence-electron chi connectivity index (χ3n) is 2.16. The van der Waals surface area contributed by atoms with E-state index in [0.29, 0.717) is 0 Å². The highest BCUT2D eigenvalue weighted by Crippen LogP contribution is 2.26. The fourth-order valence-electron chi connectivity index (χ4n) is 1.49. The molecule has 0 saturated heterocycles. The van der Waals surface area contributed by atoms with Gasteiger partial charge < -0.3 is 0 Å². The molecule has 0 aliphatic heterocycles. The summed E-state index contributed by atoms with van der Waals surface area (Å²) in [6, 6.07) is 14.6. The largest absolute Gasteiger partial charge is 0.144 e. The maximum atomic E-state index is 3.76. The maximum absolute atomic E-state index is 3.76. The Labute approximate surface area is 94.2 Å². The lowest BCUT2D eigenvalue weighted by Gasteiger charge is -2.03. The Hall–Kier alpha value is -1.60. The van der Waals surface area contributed by atoms with Crippen molar-refractivity contribution >= 4 is 16.9 Å². The van der Waals surface area contributed by atoms with Gasteiger partial charge in [0.15, 0.2) is 0 Å². The second-order valence-electron chi connectivity index (χ2n) is 3.16. The van der Waals surface area contributed by atoms with Gasteiger partial charge in [-0.3, -0.25) is 0 Å². The van der Waals surface area contributed by atoms with Crippen molar-refractivity contribution < 1.29 is 0 Å². The first kappa shape index (κ1) is 9.94. The molecule has 2 aromatic rings. The van der Waals surface area contributed by atoms with Gasteiger partial charge in [0.25, 0.3) is 0 Å². The van der Waals surface area contributed by atoms with Crippen LogP contribution >= 0.6 is 11.3 Å². The van der Waals surface area contributed by atoms with Gasteiger partial charge >= 0.3 is 0 Å². The molecule has 0 atom stereocenters. The van der Waals surface area contributed by atoms with Crippen LogP contribution in [0.4, 0.5) is 0 Å². The lowest BCUT2D eigenvalue weighted by Crippen LogP contribution is -1.82. The molecular weight excluding hydrogens is 200 g/mol. The molecule has 0 aliphatic rings. The number of hydrogen-bond donors (Lipinski definition) is 0. The van der Waals surface area contributed by atoms with Crippen LogP contribution in [0.25, 0.3) is 5.57 Å². The summed E-state index contributed by atoms with van der Waals surface area (Å²) in [7, 11) is 0. The molecule has 0 N–H and O–H groups in total. The minimum absolute atomic E-state index is 1.24. The fraction of sp³-hybridized carbons (Fsp3) is 0. The minimum atomic E-state index is 1.24. The third-order valence-corrected chi connectivity index (χ3v) is 3.06. The van der Waals surface area contributed by atoms with E-state index in [9.17, 15) is 0 Å². The lowest BCUT2D eigenvalue weighted by molar-refractivity contribution is 1.61. The van der Waals surface area contributed by atoms with Crippen molar-refractivity contribution in [1.29, 1.82) is 0 Å². The summed E-state index contributed by atoms with van der Waals surface area (Å²) in [5, 5.41) is 2.09. The average Bonchev–Trinajstić information content (AvgIpc) is 2.80. The van der Waals surface area contributed by atoms with Crippen molar-refractivity contribution in [3.8, 4) is 0 Å². The number of hydrogen-bond acceptors (Lipinski definition) is 1. The van der Waals surface area contributed by atoms with Gasteiger partial charge in [-0.1, -0.05) is 55.1 Å². The van der Waals surface area contributed by atoms with Crippen LogP contribution < -0.4 is 0 Å². The topological polar surface area (TPSA) is 0 Å². The molecule has 0 nitrogen and oxygen atoms in total. The van der Waals surface area contributed by atoms with E-state index >= 15 is 0 Å². The SMILES string of the molecule is C=C/C=C(/c1ccccc1)c1cccs1. The van der Waals surface area contributed by atoms with Crippen molar-refractivity contribution in [3.05, 3.63) is 77.0 Å². The van der Waals surface area contributed by atoms with Crippen molar-refractivity contribution in [3.63, 3.8) is 0 Å². The molecule has 0 unspecified atom stereocenters. The van der Waals surface area contributed by atoms with Gasteiger partial charge in [-0.15, -0.1) is 11.3 Å². The minimum Gasteiger partial charge on any atom is -0.144 e. The van der Waals surface area contributed by atoms with Crippen molar-refractivity contribution in [2.75, 3.05) is 0 Å². The van der Waals surface area contributed by atoms with Gasteiger partial charge in [0, 0.05) is 4.88 Å². The van der Waals surface area contributed by atoms with Crippen LogP contribution in [0.15, 0.2) is 66.6 Å². The van der Waals surface area contributed by atoms with Gasteiger partial charge in [-0.25, -0.2) is 0 Å². The highest BCUT2D eigenvalue weighted by atomic mass is 32.1. The smallest absolute Gasteiger partial charge is 0.0348 e. The molecule has 74 valence electrons. The van der Waals surface area contributed by atoms with E-state index in [0.717, 1.165) is 0 Å². The lowest BCUT2D eigenvalue weighted by atomic mass is 10.0. The molecule has 0 spiro atoms. The van der Waals surface area contributed by atoms with Gasteiger partial charge in [-0.2, -0.15) is 0 Å². The maximum Gasteiger partial charge on any atom is 0.0348 e. The van der Waals surface area contributed by atoms with Gasteiger partial charge in [0.2, 0.25) is 0 Å². The standard InChI is InChI=1S/C14H12S/c1-2-7-13(14-10-6-11-15-14)12-8-4-3-5-9-12/h2-11H,1H2/b13-7-. The molecule has 0 amide bonds. The molecule has 2 rings (SSSR count). The van der Waals surface area contributed by atoms with Gasteiger partial charge in [0.1, 0.15) is 0 Å². The van der Waals surface area contributed by atoms with Crippen LogP contribution in [-0.4, -0.2) is 0 Å². The van der Waals surface area contributed by atoms with Crippen molar-refractivity contribution in [2.45, 2.75) is 0 Å². The second kappa shape index (κ2) is 4.76. The summed E-state index contributed by atoms with van der Waals surface area (Å²) in [5.41, 5.74) is 2.47. The zero-order valence-electron chi connectivity index (χ0n) is 8.39. The summed E-state index contributed by atoms with van der Waals surface area (Å²) in [5.74, 6) is 0. The zero-order valence-corrected chi connectivity index (χ0v) is 9.21. The van der Waals surface area contributed by atoms with Crippen LogP contribution in [0.3, 0.4) is 0 Å². The molecule has 1 heteroatoms. The zero-order chi connectivity index (χ0) is 10.5. The molecule has 0 saturated carbocycles. The van der Waals surface area contributed by atoms with Crippen LogP contribution in [0.1, 0.15) is 10.4 Å². The number of allylic oxidation sites excluding steroid dienone is 2. The van der Waals surface area contributed by atoms with Gasteiger partial charge in [0.05, 0.1) is 0 Å². The van der Waals surface area contributed by atoms with E-state index in [2.05, 4.69) is 54.4 Å². The average molecular weight is 212 g/mol. The van der Waals surface area contributed by atoms with Crippen LogP contribution in [-0.2, 0) is 0 Å². The summed E-state index contributed by atoms with van der Waals surface area (Å²) in [6.45, 7) is 3.76. The third kappa shape index (κ3) is 2.25. The molecule has 1 aromatic carbocycles. The highest BCUT2D eigenvalue weighted by molar-refractivity contribution is 7.11. The van der Waals surface area contributed by atoms with Crippen molar-refractivity contribution in [1.82, 2.24) is 0 Å². The normalized spacial score (nSPS) is 11.3. The second-order valence-corrected chi connectivity index (χ2v) is 4.11. The molecule has 0 radical (unpaired) electrons. The fourth-order valence-corrected chi connectivity index (χ4v) is 2.26. The molecule has 1 aromatic heterocycles. The number of benzene rings is 1. The van der Waals surface area contributed by atoms with E-state index in [4.69, 9.17) is 0 Å². The Balaban J connectivity index is 2.47. The Kier molecular flexibility index (Phi) is 3.15. The van der Waals surface area contributed by atoms with Crippen molar-refractivity contribution in [2.24, 2.45) is 0 Å². The molecule has 0 fully saturated rings. The predicted octanol–water partition coefficient (Wildman–Crippen LogP) is 4.37. The molecule has 1 heterocycles.